The summed E-state index contributed by atoms with van der Waals surface area (Å²) in [6.07, 6.45) is 2.12. The molecule has 2 amide bonds. The number of benzene rings is 1. The lowest BCUT2D eigenvalue weighted by Gasteiger charge is -2.25. The molecule has 25 heavy (non-hydrogen) atoms. The number of rotatable bonds is 6. The maximum Gasteiger partial charge on any atom is 0.319 e. The molecule has 0 fully saturated rings. The van der Waals surface area contributed by atoms with E-state index in [1.807, 2.05) is 45.0 Å². The minimum absolute atomic E-state index is 0.0258. The van der Waals surface area contributed by atoms with Gasteiger partial charge in [0.15, 0.2) is 0 Å². The maximum atomic E-state index is 12.5. The highest BCUT2D eigenvalue weighted by atomic mass is 16.3. The van der Waals surface area contributed by atoms with Gasteiger partial charge in [-0.05, 0) is 44.9 Å². The van der Waals surface area contributed by atoms with Gasteiger partial charge in [0.1, 0.15) is 5.69 Å². The van der Waals surface area contributed by atoms with Crippen LogP contribution in [0.15, 0.2) is 47.4 Å². The number of carbonyl (C=O) groups excluding carboxylic acids is 1. The average Bonchev–Trinajstić information content (AvgIpc) is 2.52. The average molecular weight is 343 g/mol. The molecule has 0 saturated carbocycles. The van der Waals surface area contributed by atoms with Crippen molar-refractivity contribution in [3.05, 3.63) is 64.1 Å². The molecule has 1 heterocycles. The fraction of sp³-hybridized carbons (Fsp3) is 0.368. The molecule has 0 spiro atoms. The van der Waals surface area contributed by atoms with Gasteiger partial charge >= 0.3 is 6.03 Å². The van der Waals surface area contributed by atoms with Gasteiger partial charge in [0.2, 0.25) is 0 Å². The van der Waals surface area contributed by atoms with Crippen LogP contribution in [0.4, 0.5) is 10.5 Å². The Morgan fingerprint density at radius 3 is 2.52 bits per heavy atom. The summed E-state index contributed by atoms with van der Waals surface area (Å²) in [5.74, 6) is 0. The van der Waals surface area contributed by atoms with Crippen LogP contribution in [0.3, 0.4) is 0 Å². The van der Waals surface area contributed by atoms with Crippen LogP contribution < -0.4 is 16.2 Å². The summed E-state index contributed by atoms with van der Waals surface area (Å²) in [5, 5.41) is 14.4. The van der Waals surface area contributed by atoms with E-state index in [1.165, 1.54) is 0 Å². The Labute approximate surface area is 147 Å². The second-order valence-electron chi connectivity index (χ2n) is 6.78. The van der Waals surface area contributed by atoms with E-state index in [4.69, 9.17) is 5.11 Å². The van der Waals surface area contributed by atoms with Gasteiger partial charge in [0.25, 0.3) is 5.56 Å². The van der Waals surface area contributed by atoms with Crippen molar-refractivity contribution in [2.45, 2.75) is 39.3 Å². The lowest BCUT2D eigenvalue weighted by molar-refractivity contribution is 0.218. The smallest absolute Gasteiger partial charge is 0.319 e. The molecule has 0 atom stereocenters. The predicted molar refractivity (Wildman–Crippen MR) is 98.9 cm³/mol. The number of anilines is 1. The first-order chi connectivity index (χ1) is 11.8. The van der Waals surface area contributed by atoms with E-state index in [0.29, 0.717) is 13.0 Å². The highest BCUT2D eigenvalue weighted by molar-refractivity contribution is 5.89. The third kappa shape index (κ3) is 5.46. The largest absolute Gasteiger partial charge is 0.396 e. The standard InChI is InChI=1S/C19H25N3O3/c1-14-6-8-15(9-7-14)13-22-11-4-5-16(17(22)24)20-18(25)21-19(2,3)10-12-23/h4-9,11,23H,10,12-13H2,1-3H3,(H2,20,21,25). The summed E-state index contributed by atoms with van der Waals surface area (Å²) in [6.45, 7) is 6.04. The Morgan fingerprint density at radius 1 is 1.20 bits per heavy atom. The molecule has 1 aromatic carbocycles. The number of amides is 2. The van der Waals surface area contributed by atoms with E-state index >= 15 is 0 Å². The zero-order chi connectivity index (χ0) is 18.4. The minimum atomic E-state index is -0.561. The molecule has 0 saturated heterocycles. The van der Waals surface area contributed by atoms with Crippen molar-refractivity contribution in [3.63, 3.8) is 0 Å². The van der Waals surface area contributed by atoms with E-state index in [1.54, 1.807) is 22.9 Å². The van der Waals surface area contributed by atoms with E-state index in [9.17, 15) is 9.59 Å². The van der Waals surface area contributed by atoms with Crippen LogP contribution in [0.2, 0.25) is 0 Å². The van der Waals surface area contributed by atoms with Gasteiger partial charge in [-0.25, -0.2) is 4.79 Å². The number of hydrogen-bond acceptors (Lipinski definition) is 3. The molecular formula is C19H25N3O3. The van der Waals surface area contributed by atoms with Gasteiger partial charge in [0, 0.05) is 18.3 Å². The van der Waals surface area contributed by atoms with Crippen molar-refractivity contribution in [2.75, 3.05) is 11.9 Å². The van der Waals surface area contributed by atoms with Crippen LogP contribution in [0.25, 0.3) is 0 Å². The molecule has 1 aromatic heterocycles. The van der Waals surface area contributed by atoms with Crippen molar-refractivity contribution in [2.24, 2.45) is 0 Å². The molecule has 3 N–H and O–H groups in total. The fourth-order valence-electron chi connectivity index (χ4n) is 2.45. The minimum Gasteiger partial charge on any atom is -0.396 e. The van der Waals surface area contributed by atoms with E-state index in [-0.39, 0.29) is 17.9 Å². The summed E-state index contributed by atoms with van der Waals surface area (Å²) < 4.78 is 1.55. The fourth-order valence-corrected chi connectivity index (χ4v) is 2.45. The van der Waals surface area contributed by atoms with Gasteiger partial charge in [0.05, 0.1) is 6.54 Å². The summed E-state index contributed by atoms with van der Waals surface area (Å²) in [5.41, 5.74) is 1.56. The Hall–Kier alpha value is -2.60. The van der Waals surface area contributed by atoms with Gasteiger partial charge < -0.3 is 20.3 Å². The van der Waals surface area contributed by atoms with Gasteiger partial charge in [-0.1, -0.05) is 29.8 Å². The number of nitrogens with zero attached hydrogens (tertiary/aromatic N) is 1. The third-order valence-corrected chi connectivity index (χ3v) is 3.93. The topological polar surface area (TPSA) is 83.4 Å². The van der Waals surface area contributed by atoms with Crippen LogP contribution in [-0.4, -0.2) is 27.9 Å². The number of aliphatic hydroxyl groups excluding tert-OH is 1. The molecule has 0 aliphatic heterocycles. The molecule has 0 bridgehead atoms. The van der Waals surface area contributed by atoms with Crippen molar-refractivity contribution < 1.29 is 9.90 Å². The molecule has 0 radical (unpaired) electrons. The first kappa shape index (κ1) is 18.7. The Bertz CT molecular complexity index is 779. The van der Waals surface area contributed by atoms with Crippen LogP contribution in [0, 0.1) is 6.92 Å². The molecule has 134 valence electrons. The normalized spacial score (nSPS) is 11.2. The summed E-state index contributed by atoms with van der Waals surface area (Å²) in [7, 11) is 0. The number of nitrogens with one attached hydrogen (secondary N) is 2. The Balaban J connectivity index is 2.11. The SMILES string of the molecule is Cc1ccc(Cn2cccc(NC(=O)NC(C)(C)CCO)c2=O)cc1. The van der Waals surface area contributed by atoms with E-state index in [0.717, 1.165) is 11.1 Å². The first-order valence-electron chi connectivity index (χ1n) is 8.26. The van der Waals surface area contributed by atoms with Crippen molar-refractivity contribution in [1.82, 2.24) is 9.88 Å². The number of aryl methyl sites for hydroxylation is 1. The summed E-state index contributed by atoms with van der Waals surface area (Å²) >= 11 is 0. The van der Waals surface area contributed by atoms with Crippen LogP contribution in [0.1, 0.15) is 31.4 Å². The van der Waals surface area contributed by atoms with Crippen LogP contribution in [0.5, 0.6) is 0 Å². The van der Waals surface area contributed by atoms with E-state index in [2.05, 4.69) is 10.6 Å². The zero-order valence-electron chi connectivity index (χ0n) is 14.9. The Kier molecular flexibility index (Phi) is 5.98. The lowest BCUT2D eigenvalue weighted by Crippen LogP contribution is -2.46. The van der Waals surface area contributed by atoms with E-state index < -0.39 is 11.6 Å². The highest BCUT2D eigenvalue weighted by Gasteiger charge is 2.20. The molecule has 6 heteroatoms. The molecule has 6 nitrogen and oxygen atoms in total. The second kappa shape index (κ2) is 7.98. The molecule has 2 aromatic rings. The number of urea groups is 1. The summed E-state index contributed by atoms with van der Waals surface area (Å²) in [4.78, 5) is 24.7. The van der Waals surface area contributed by atoms with Crippen LogP contribution >= 0.6 is 0 Å². The number of pyridine rings is 1. The van der Waals surface area contributed by atoms with Crippen molar-refractivity contribution in [1.29, 1.82) is 0 Å². The molecule has 0 aliphatic carbocycles. The Morgan fingerprint density at radius 2 is 1.88 bits per heavy atom. The number of aliphatic hydroxyl groups is 1. The maximum absolute atomic E-state index is 12.5. The number of aromatic nitrogens is 1. The molecule has 2 rings (SSSR count). The van der Waals surface area contributed by atoms with Gasteiger partial charge in [-0.3, -0.25) is 4.79 Å². The van der Waals surface area contributed by atoms with Crippen LogP contribution in [-0.2, 0) is 6.54 Å². The molecular weight excluding hydrogens is 318 g/mol. The van der Waals surface area contributed by atoms with Gasteiger partial charge in [-0.15, -0.1) is 0 Å². The summed E-state index contributed by atoms with van der Waals surface area (Å²) in [6, 6.07) is 10.8. The molecule has 0 unspecified atom stereocenters. The predicted octanol–water partition coefficient (Wildman–Crippen LogP) is 2.49. The quantitative estimate of drug-likeness (QED) is 0.753. The third-order valence-electron chi connectivity index (χ3n) is 3.93. The monoisotopic (exact) mass is 343 g/mol. The first-order valence-corrected chi connectivity index (χ1v) is 8.26. The number of hydrogen-bond donors (Lipinski definition) is 3. The zero-order valence-corrected chi connectivity index (χ0v) is 14.9. The van der Waals surface area contributed by atoms with Crippen molar-refractivity contribution >= 4 is 11.7 Å². The van der Waals surface area contributed by atoms with Crippen molar-refractivity contribution in [3.8, 4) is 0 Å². The lowest BCUT2D eigenvalue weighted by atomic mass is 10.0. The molecule has 0 aliphatic rings. The highest BCUT2D eigenvalue weighted by Crippen LogP contribution is 2.09. The number of carbonyl (C=O) groups is 1. The second-order valence-corrected chi connectivity index (χ2v) is 6.78. The van der Waals surface area contributed by atoms with Gasteiger partial charge in [-0.2, -0.15) is 0 Å².